The monoisotopic (exact) mass is 284 g/mol. The first-order valence-corrected chi connectivity index (χ1v) is 5.56. The second kappa shape index (κ2) is 7.82. The van der Waals surface area contributed by atoms with E-state index in [1.165, 1.54) is 0 Å². The molecule has 0 aromatic carbocycles. The summed E-state index contributed by atoms with van der Waals surface area (Å²) in [7, 11) is 0. The van der Waals surface area contributed by atoms with Crippen molar-refractivity contribution in [3.63, 3.8) is 0 Å². The Morgan fingerprint density at radius 1 is 0.842 bits per heavy atom. The molecule has 19 heavy (non-hydrogen) atoms. The third kappa shape index (κ3) is 4.75. The highest BCUT2D eigenvalue weighted by Crippen LogP contribution is 2.10. The fourth-order valence-electron chi connectivity index (χ4n) is 1.30. The fraction of sp³-hybridized carbons (Fsp3) is 0.900. The molecule has 9 nitrogen and oxygen atoms in total. The Labute approximate surface area is 109 Å². The smallest absolute Gasteiger partial charge is 0.195 e. The van der Waals surface area contributed by atoms with Crippen LogP contribution in [0, 0.1) is 0 Å². The molecule has 0 aliphatic rings. The van der Waals surface area contributed by atoms with Crippen molar-refractivity contribution in [1.29, 1.82) is 0 Å². The molecule has 114 valence electrons. The van der Waals surface area contributed by atoms with Gasteiger partial charge < -0.3 is 40.9 Å². The van der Waals surface area contributed by atoms with Gasteiger partial charge in [0.1, 0.15) is 36.6 Å². The molecule has 0 radical (unpaired) electrons. The third-order valence-corrected chi connectivity index (χ3v) is 2.66. The summed E-state index contributed by atoms with van der Waals surface area (Å²) in [6, 6.07) is 0. The van der Waals surface area contributed by atoms with E-state index in [1.54, 1.807) is 0 Å². The molecule has 0 aromatic heterocycles. The number of aliphatic hydroxyl groups excluding tert-OH is 8. The fourth-order valence-corrected chi connectivity index (χ4v) is 1.30. The number of hydrogen-bond donors (Lipinski definition) is 8. The Morgan fingerprint density at radius 2 is 1.26 bits per heavy atom. The largest absolute Gasteiger partial charge is 0.394 e. The summed E-state index contributed by atoms with van der Waals surface area (Å²) < 4.78 is 0. The average molecular weight is 284 g/mol. The highest BCUT2D eigenvalue weighted by atomic mass is 16.4. The summed E-state index contributed by atoms with van der Waals surface area (Å²) in [6.45, 7) is 0.173. The normalized spacial score (nSPS) is 23.0. The average Bonchev–Trinajstić information content (AvgIpc) is 2.40. The summed E-state index contributed by atoms with van der Waals surface area (Å²) in [6.07, 6.45) is -13.8. The lowest BCUT2D eigenvalue weighted by Gasteiger charge is -2.27. The molecule has 8 N–H and O–H groups in total. The van der Waals surface area contributed by atoms with Gasteiger partial charge in [-0.25, -0.2) is 0 Å². The maximum atomic E-state index is 11.5. The molecule has 0 aliphatic carbocycles. The van der Waals surface area contributed by atoms with Gasteiger partial charge in [0.05, 0.1) is 12.7 Å². The van der Waals surface area contributed by atoms with Crippen LogP contribution in [0.5, 0.6) is 0 Å². The van der Waals surface area contributed by atoms with Crippen molar-refractivity contribution >= 4 is 5.78 Å². The summed E-state index contributed by atoms with van der Waals surface area (Å²) in [5.41, 5.74) is 0. The summed E-state index contributed by atoms with van der Waals surface area (Å²) >= 11 is 0. The molecular weight excluding hydrogens is 264 g/mol. The van der Waals surface area contributed by atoms with Crippen LogP contribution in [-0.4, -0.2) is 96.0 Å². The Hall–Kier alpha value is -0.650. The predicted molar refractivity (Wildman–Crippen MR) is 59.8 cm³/mol. The maximum absolute atomic E-state index is 11.5. The lowest BCUT2D eigenvalue weighted by Crippen LogP contribution is -2.53. The van der Waals surface area contributed by atoms with Gasteiger partial charge in [0.15, 0.2) is 5.78 Å². The predicted octanol–water partition coefficient (Wildman–Crippen LogP) is -4.91. The van der Waals surface area contributed by atoms with Gasteiger partial charge in [-0.1, -0.05) is 0 Å². The number of aliphatic hydroxyl groups is 8. The highest BCUT2D eigenvalue weighted by molar-refractivity contribution is 5.88. The van der Waals surface area contributed by atoms with Crippen molar-refractivity contribution < 1.29 is 45.6 Å². The second-order valence-electron chi connectivity index (χ2n) is 4.25. The third-order valence-electron chi connectivity index (χ3n) is 2.66. The van der Waals surface area contributed by atoms with Gasteiger partial charge >= 0.3 is 0 Å². The summed E-state index contributed by atoms with van der Waals surface area (Å²) in [4.78, 5) is 11.5. The Kier molecular flexibility index (Phi) is 7.55. The zero-order chi connectivity index (χ0) is 15.3. The lowest BCUT2D eigenvalue weighted by molar-refractivity contribution is -0.161. The van der Waals surface area contributed by atoms with Crippen LogP contribution in [0.4, 0.5) is 0 Å². The van der Waals surface area contributed by atoms with Crippen LogP contribution in [0.2, 0.25) is 0 Å². The quantitative estimate of drug-likeness (QED) is 0.217. The van der Waals surface area contributed by atoms with Crippen molar-refractivity contribution in [2.24, 2.45) is 0 Å². The zero-order valence-corrected chi connectivity index (χ0v) is 10.2. The maximum Gasteiger partial charge on any atom is 0.195 e. The van der Waals surface area contributed by atoms with E-state index in [9.17, 15) is 30.3 Å². The molecule has 0 aliphatic heterocycles. The van der Waals surface area contributed by atoms with Crippen LogP contribution in [-0.2, 0) is 4.79 Å². The molecule has 0 amide bonds. The molecular formula is C10H20O9. The van der Waals surface area contributed by atoms with E-state index in [0.717, 1.165) is 6.92 Å². The number of rotatable bonds is 8. The van der Waals surface area contributed by atoms with Crippen molar-refractivity contribution in [2.45, 2.75) is 49.7 Å². The van der Waals surface area contributed by atoms with Crippen LogP contribution >= 0.6 is 0 Å². The van der Waals surface area contributed by atoms with Gasteiger partial charge in [-0.05, 0) is 6.92 Å². The SMILES string of the molecule is C[C@@H](O)[C@H](O)[C@H](O)[C@H](O)C(=O)[C@@H](O)[C@H](O)[C@@H](O)CO. The molecule has 9 heteroatoms. The second-order valence-corrected chi connectivity index (χ2v) is 4.25. The van der Waals surface area contributed by atoms with Crippen molar-refractivity contribution in [2.75, 3.05) is 6.61 Å². The highest BCUT2D eigenvalue weighted by Gasteiger charge is 2.39. The standard InChI is InChI=1S/C10H20O9/c1-3(12)5(14)7(16)9(18)10(19)8(17)6(15)4(13)2-11/h3-9,11-18H,2H2,1H3/t3-,4+,5+,6-,7+,8+,9+/m1/s1. The minimum atomic E-state index is -2.28. The van der Waals surface area contributed by atoms with Gasteiger partial charge in [-0.2, -0.15) is 0 Å². The van der Waals surface area contributed by atoms with E-state index in [2.05, 4.69) is 0 Å². The Balaban J connectivity index is 4.72. The Morgan fingerprint density at radius 3 is 1.63 bits per heavy atom. The molecule has 0 aromatic rings. The number of carbonyl (C=O) groups is 1. The minimum absolute atomic E-state index is 0.930. The number of hydrogen-bond acceptors (Lipinski definition) is 9. The van der Waals surface area contributed by atoms with Crippen molar-refractivity contribution in [3.8, 4) is 0 Å². The van der Waals surface area contributed by atoms with Gasteiger partial charge in [0.2, 0.25) is 0 Å². The first kappa shape index (κ1) is 18.4. The Bertz CT molecular complexity index is 282. The van der Waals surface area contributed by atoms with Crippen LogP contribution < -0.4 is 0 Å². The minimum Gasteiger partial charge on any atom is -0.394 e. The first-order valence-electron chi connectivity index (χ1n) is 5.56. The molecule has 0 spiro atoms. The molecule has 0 saturated heterocycles. The topological polar surface area (TPSA) is 179 Å². The van der Waals surface area contributed by atoms with Gasteiger partial charge in [-0.15, -0.1) is 0 Å². The summed E-state index contributed by atoms with van der Waals surface area (Å²) in [5, 5.41) is 73.1. The lowest BCUT2D eigenvalue weighted by atomic mass is 9.94. The molecule has 0 unspecified atom stereocenters. The number of Topliss-reactive ketones (excluding diaryl/α,β-unsaturated/α-hetero) is 1. The van der Waals surface area contributed by atoms with E-state index in [0.29, 0.717) is 0 Å². The van der Waals surface area contributed by atoms with E-state index < -0.39 is 55.1 Å². The van der Waals surface area contributed by atoms with E-state index >= 15 is 0 Å². The van der Waals surface area contributed by atoms with Crippen LogP contribution in [0.3, 0.4) is 0 Å². The van der Waals surface area contributed by atoms with Gasteiger partial charge in [0.25, 0.3) is 0 Å². The molecule has 0 fully saturated rings. The van der Waals surface area contributed by atoms with Gasteiger partial charge in [-0.3, -0.25) is 4.79 Å². The molecule has 0 saturated carbocycles. The molecule has 0 bridgehead atoms. The first-order chi connectivity index (χ1) is 8.64. The molecule has 0 heterocycles. The van der Waals surface area contributed by atoms with E-state index in [4.69, 9.17) is 15.3 Å². The summed E-state index contributed by atoms with van der Waals surface area (Å²) in [5.74, 6) is -1.47. The molecule has 0 rings (SSSR count). The van der Waals surface area contributed by atoms with Crippen LogP contribution in [0.25, 0.3) is 0 Å². The number of carbonyl (C=O) groups excluding carboxylic acids is 1. The van der Waals surface area contributed by atoms with Crippen LogP contribution in [0.15, 0.2) is 0 Å². The van der Waals surface area contributed by atoms with Crippen molar-refractivity contribution in [1.82, 2.24) is 0 Å². The van der Waals surface area contributed by atoms with E-state index in [1.807, 2.05) is 0 Å². The van der Waals surface area contributed by atoms with Gasteiger partial charge in [0, 0.05) is 0 Å². The van der Waals surface area contributed by atoms with Crippen molar-refractivity contribution in [3.05, 3.63) is 0 Å². The zero-order valence-electron chi connectivity index (χ0n) is 10.2. The van der Waals surface area contributed by atoms with E-state index in [-0.39, 0.29) is 0 Å². The number of ketones is 1. The van der Waals surface area contributed by atoms with Crippen LogP contribution in [0.1, 0.15) is 6.92 Å². The molecule has 7 atom stereocenters.